The van der Waals surface area contributed by atoms with E-state index in [0.29, 0.717) is 0 Å². The Labute approximate surface area is 82.2 Å². The standard InChI is InChI=1S/C10H23N3/c1-5-12-10(2)9-11-7-6-8-13(3)4/h11H,5-9H2,1-4H3. The lowest BCUT2D eigenvalue weighted by atomic mass is 10.3. The quantitative estimate of drug-likeness (QED) is 0.473. The van der Waals surface area contributed by atoms with Gasteiger partial charge in [0, 0.05) is 18.8 Å². The van der Waals surface area contributed by atoms with Gasteiger partial charge in [-0.2, -0.15) is 0 Å². The van der Waals surface area contributed by atoms with Gasteiger partial charge in [-0.25, -0.2) is 0 Å². The highest BCUT2D eigenvalue weighted by molar-refractivity contribution is 5.83. The van der Waals surface area contributed by atoms with Gasteiger partial charge >= 0.3 is 0 Å². The van der Waals surface area contributed by atoms with Gasteiger partial charge in [0.05, 0.1) is 0 Å². The van der Waals surface area contributed by atoms with Crippen LogP contribution in [0.15, 0.2) is 4.99 Å². The third-order valence-corrected chi connectivity index (χ3v) is 1.77. The SMILES string of the molecule is CCN=C(C)CNCCCN(C)C. The number of hydrogen-bond donors (Lipinski definition) is 1. The second-order valence-corrected chi connectivity index (χ2v) is 3.54. The van der Waals surface area contributed by atoms with Crippen molar-refractivity contribution in [2.24, 2.45) is 4.99 Å². The van der Waals surface area contributed by atoms with Crippen LogP contribution in [0.3, 0.4) is 0 Å². The minimum Gasteiger partial charge on any atom is -0.311 e. The average Bonchev–Trinajstić information content (AvgIpc) is 2.03. The largest absolute Gasteiger partial charge is 0.311 e. The van der Waals surface area contributed by atoms with Crippen LogP contribution in [-0.2, 0) is 0 Å². The van der Waals surface area contributed by atoms with E-state index in [1.54, 1.807) is 0 Å². The number of nitrogens with one attached hydrogen (secondary N) is 1. The molecule has 0 amide bonds. The molecule has 0 rings (SSSR count). The van der Waals surface area contributed by atoms with Gasteiger partial charge in [-0.1, -0.05) is 0 Å². The van der Waals surface area contributed by atoms with Crippen LogP contribution in [0.5, 0.6) is 0 Å². The van der Waals surface area contributed by atoms with Crippen LogP contribution in [0.1, 0.15) is 20.3 Å². The maximum atomic E-state index is 4.30. The normalized spacial score (nSPS) is 12.5. The summed E-state index contributed by atoms with van der Waals surface area (Å²) >= 11 is 0. The molecule has 0 saturated heterocycles. The fourth-order valence-corrected chi connectivity index (χ4v) is 1.12. The van der Waals surface area contributed by atoms with E-state index in [4.69, 9.17) is 0 Å². The summed E-state index contributed by atoms with van der Waals surface area (Å²) in [5.74, 6) is 0. The van der Waals surface area contributed by atoms with Gasteiger partial charge in [0.25, 0.3) is 0 Å². The molecule has 0 aromatic heterocycles. The van der Waals surface area contributed by atoms with Crippen molar-refractivity contribution < 1.29 is 0 Å². The van der Waals surface area contributed by atoms with Crippen molar-refractivity contribution in [2.75, 3.05) is 40.3 Å². The van der Waals surface area contributed by atoms with E-state index in [1.807, 2.05) is 0 Å². The van der Waals surface area contributed by atoms with Gasteiger partial charge in [-0.15, -0.1) is 0 Å². The van der Waals surface area contributed by atoms with E-state index in [0.717, 1.165) is 26.2 Å². The molecule has 13 heavy (non-hydrogen) atoms. The monoisotopic (exact) mass is 185 g/mol. The van der Waals surface area contributed by atoms with E-state index in [-0.39, 0.29) is 0 Å². The molecular weight excluding hydrogens is 162 g/mol. The molecule has 0 atom stereocenters. The number of nitrogens with zero attached hydrogens (tertiary/aromatic N) is 2. The molecular formula is C10H23N3. The van der Waals surface area contributed by atoms with Crippen molar-refractivity contribution in [3.63, 3.8) is 0 Å². The second kappa shape index (κ2) is 8.20. The maximum absolute atomic E-state index is 4.30. The zero-order valence-corrected chi connectivity index (χ0v) is 9.43. The van der Waals surface area contributed by atoms with Crippen LogP contribution in [0.4, 0.5) is 0 Å². The molecule has 0 aliphatic heterocycles. The molecule has 0 unspecified atom stereocenters. The van der Waals surface area contributed by atoms with Crippen molar-refractivity contribution >= 4 is 5.71 Å². The average molecular weight is 185 g/mol. The van der Waals surface area contributed by atoms with Crippen LogP contribution >= 0.6 is 0 Å². The highest BCUT2D eigenvalue weighted by atomic mass is 15.1. The molecule has 0 spiro atoms. The summed E-state index contributed by atoms with van der Waals surface area (Å²) in [6.45, 7) is 8.19. The first-order chi connectivity index (χ1) is 6.16. The van der Waals surface area contributed by atoms with Gasteiger partial charge in [-0.3, -0.25) is 4.99 Å². The molecule has 0 aliphatic carbocycles. The van der Waals surface area contributed by atoms with Crippen molar-refractivity contribution in [3.8, 4) is 0 Å². The Bertz CT molecular complexity index is 141. The summed E-state index contributed by atoms with van der Waals surface area (Å²) in [5, 5.41) is 3.37. The third-order valence-electron chi connectivity index (χ3n) is 1.77. The maximum Gasteiger partial charge on any atom is 0.0360 e. The fraction of sp³-hybridized carbons (Fsp3) is 0.900. The predicted octanol–water partition coefficient (Wildman–Crippen LogP) is 1.01. The molecule has 3 nitrogen and oxygen atoms in total. The zero-order valence-electron chi connectivity index (χ0n) is 9.43. The molecule has 0 radical (unpaired) electrons. The number of rotatable bonds is 7. The molecule has 1 N–H and O–H groups in total. The first-order valence-electron chi connectivity index (χ1n) is 5.02. The summed E-state index contributed by atoms with van der Waals surface area (Å²) < 4.78 is 0. The van der Waals surface area contributed by atoms with E-state index in [1.165, 1.54) is 12.1 Å². The summed E-state index contributed by atoms with van der Waals surface area (Å²) in [5.41, 5.74) is 1.20. The minimum atomic E-state index is 0.894. The highest BCUT2D eigenvalue weighted by Crippen LogP contribution is 1.81. The molecule has 0 aliphatic rings. The van der Waals surface area contributed by atoms with Crippen LogP contribution < -0.4 is 5.32 Å². The molecule has 78 valence electrons. The Morgan fingerprint density at radius 2 is 2.08 bits per heavy atom. The first-order valence-corrected chi connectivity index (χ1v) is 5.02. The Kier molecular flexibility index (Phi) is 7.94. The van der Waals surface area contributed by atoms with Crippen LogP contribution in [0, 0.1) is 0 Å². The lowest BCUT2D eigenvalue weighted by Crippen LogP contribution is -2.25. The Morgan fingerprint density at radius 3 is 2.62 bits per heavy atom. The predicted molar refractivity (Wildman–Crippen MR) is 59.7 cm³/mol. The van der Waals surface area contributed by atoms with Gasteiger partial charge in [0.15, 0.2) is 0 Å². The van der Waals surface area contributed by atoms with E-state index in [9.17, 15) is 0 Å². The zero-order chi connectivity index (χ0) is 10.1. The molecule has 0 aromatic rings. The molecule has 0 aromatic carbocycles. The molecule has 3 heteroatoms. The van der Waals surface area contributed by atoms with Gasteiger partial charge in [0.1, 0.15) is 0 Å². The van der Waals surface area contributed by atoms with Crippen molar-refractivity contribution in [3.05, 3.63) is 0 Å². The molecule has 0 saturated carbocycles. The first kappa shape index (κ1) is 12.6. The topological polar surface area (TPSA) is 27.6 Å². The van der Waals surface area contributed by atoms with E-state index >= 15 is 0 Å². The van der Waals surface area contributed by atoms with Gasteiger partial charge in [0.2, 0.25) is 0 Å². The van der Waals surface area contributed by atoms with Crippen LogP contribution in [0.2, 0.25) is 0 Å². The summed E-state index contributed by atoms with van der Waals surface area (Å²) in [6, 6.07) is 0. The highest BCUT2D eigenvalue weighted by Gasteiger charge is 1.92. The Morgan fingerprint density at radius 1 is 1.38 bits per heavy atom. The van der Waals surface area contributed by atoms with Gasteiger partial charge in [-0.05, 0) is 47.5 Å². The Hall–Kier alpha value is -0.410. The smallest absolute Gasteiger partial charge is 0.0360 e. The second-order valence-electron chi connectivity index (χ2n) is 3.54. The van der Waals surface area contributed by atoms with E-state index in [2.05, 4.69) is 43.2 Å². The molecule has 0 bridgehead atoms. The van der Waals surface area contributed by atoms with Crippen LogP contribution in [-0.4, -0.2) is 50.9 Å². The van der Waals surface area contributed by atoms with E-state index < -0.39 is 0 Å². The van der Waals surface area contributed by atoms with Crippen molar-refractivity contribution in [1.29, 1.82) is 0 Å². The lowest BCUT2D eigenvalue weighted by Gasteiger charge is -2.09. The fourth-order valence-electron chi connectivity index (χ4n) is 1.12. The minimum absolute atomic E-state index is 0.894. The number of hydrogen-bond acceptors (Lipinski definition) is 3. The van der Waals surface area contributed by atoms with Gasteiger partial charge < -0.3 is 10.2 Å². The molecule has 0 heterocycles. The summed E-state index contributed by atoms with van der Waals surface area (Å²) in [6.07, 6.45) is 1.20. The van der Waals surface area contributed by atoms with Crippen molar-refractivity contribution in [2.45, 2.75) is 20.3 Å². The van der Waals surface area contributed by atoms with Crippen LogP contribution in [0.25, 0.3) is 0 Å². The summed E-state index contributed by atoms with van der Waals surface area (Å²) in [4.78, 5) is 6.50. The molecule has 0 fully saturated rings. The van der Waals surface area contributed by atoms with Crippen molar-refractivity contribution in [1.82, 2.24) is 10.2 Å². The Balaban J connectivity index is 3.21. The number of aliphatic imine (C=N–C) groups is 1. The third kappa shape index (κ3) is 9.50. The summed E-state index contributed by atoms with van der Waals surface area (Å²) in [7, 11) is 4.20. The lowest BCUT2D eigenvalue weighted by molar-refractivity contribution is 0.396.